The Balaban J connectivity index is 2.31. The molecule has 0 fully saturated rings. The number of hydrogen-bond donors (Lipinski definition) is 1. The lowest BCUT2D eigenvalue weighted by molar-refractivity contribution is -0.142. The molecule has 0 radical (unpaired) electrons. The molecule has 4 heteroatoms. The summed E-state index contributed by atoms with van der Waals surface area (Å²) in [4.78, 5) is 10.6. The second kappa shape index (κ2) is 3.65. The summed E-state index contributed by atoms with van der Waals surface area (Å²) in [6, 6.07) is 7.22. The van der Waals surface area contributed by atoms with Crippen molar-refractivity contribution < 1.29 is 13.9 Å². The minimum Gasteiger partial charge on any atom is -0.458 e. The van der Waals surface area contributed by atoms with Crippen LogP contribution in [0.15, 0.2) is 28.7 Å². The van der Waals surface area contributed by atoms with E-state index in [1.807, 2.05) is 12.1 Å². The SMILES string of the molecule is CC(=O)OCc1cc2c(N)cccc2o1. The van der Waals surface area contributed by atoms with E-state index in [0.717, 1.165) is 5.39 Å². The average molecular weight is 205 g/mol. The average Bonchev–Trinajstić information content (AvgIpc) is 2.59. The van der Waals surface area contributed by atoms with Gasteiger partial charge in [0.1, 0.15) is 18.0 Å². The van der Waals surface area contributed by atoms with E-state index in [2.05, 4.69) is 0 Å². The van der Waals surface area contributed by atoms with Gasteiger partial charge in [0.2, 0.25) is 0 Å². The molecule has 1 heterocycles. The zero-order chi connectivity index (χ0) is 10.8. The number of rotatable bonds is 2. The molecule has 4 nitrogen and oxygen atoms in total. The minimum atomic E-state index is -0.330. The number of ether oxygens (including phenoxy) is 1. The fourth-order valence-corrected chi connectivity index (χ4v) is 1.38. The second-order valence-corrected chi connectivity index (χ2v) is 3.25. The number of anilines is 1. The van der Waals surface area contributed by atoms with Crippen LogP contribution >= 0.6 is 0 Å². The topological polar surface area (TPSA) is 65.5 Å². The van der Waals surface area contributed by atoms with Gasteiger partial charge in [0.25, 0.3) is 0 Å². The fraction of sp³-hybridized carbons (Fsp3) is 0.182. The summed E-state index contributed by atoms with van der Waals surface area (Å²) in [6.07, 6.45) is 0. The molecule has 0 saturated carbocycles. The van der Waals surface area contributed by atoms with Gasteiger partial charge in [-0.05, 0) is 18.2 Å². The lowest BCUT2D eigenvalue weighted by Crippen LogP contribution is -1.97. The Labute approximate surface area is 86.6 Å². The lowest BCUT2D eigenvalue weighted by atomic mass is 10.2. The molecule has 0 unspecified atom stereocenters. The van der Waals surface area contributed by atoms with Gasteiger partial charge in [0.15, 0.2) is 0 Å². The van der Waals surface area contributed by atoms with Crippen molar-refractivity contribution in [1.29, 1.82) is 0 Å². The molecule has 0 spiro atoms. The molecule has 0 saturated heterocycles. The number of nitrogen functional groups attached to an aromatic ring is 1. The number of furan rings is 1. The van der Waals surface area contributed by atoms with Crippen LogP contribution in [-0.4, -0.2) is 5.97 Å². The molecule has 0 atom stereocenters. The highest BCUT2D eigenvalue weighted by molar-refractivity contribution is 5.89. The van der Waals surface area contributed by atoms with Crippen LogP contribution in [0.25, 0.3) is 11.0 Å². The van der Waals surface area contributed by atoms with Crippen LogP contribution in [-0.2, 0) is 16.1 Å². The third-order valence-corrected chi connectivity index (χ3v) is 2.06. The molecule has 2 aromatic rings. The summed E-state index contributed by atoms with van der Waals surface area (Å²) in [7, 11) is 0. The van der Waals surface area contributed by atoms with E-state index >= 15 is 0 Å². The van der Waals surface area contributed by atoms with Gasteiger partial charge in [-0.3, -0.25) is 4.79 Å². The summed E-state index contributed by atoms with van der Waals surface area (Å²) >= 11 is 0. The van der Waals surface area contributed by atoms with E-state index in [4.69, 9.17) is 14.9 Å². The van der Waals surface area contributed by atoms with Gasteiger partial charge in [-0.25, -0.2) is 0 Å². The van der Waals surface area contributed by atoms with Crippen molar-refractivity contribution in [3.8, 4) is 0 Å². The Hall–Kier alpha value is -1.97. The van der Waals surface area contributed by atoms with E-state index < -0.39 is 0 Å². The summed E-state index contributed by atoms with van der Waals surface area (Å²) < 4.78 is 10.3. The van der Waals surface area contributed by atoms with Gasteiger partial charge in [0.05, 0.1) is 0 Å². The maximum absolute atomic E-state index is 10.6. The van der Waals surface area contributed by atoms with Gasteiger partial charge >= 0.3 is 5.97 Å². The molecule has 0 aliphatic rings. The van der Waals surface area contributed by atoms with Crippen LogP contribution in [0, 0.1) is 0 Å². The number of benzene rings is 1. The van der Waals surface area contributed by atoms with Crippen molar-refractivity contribution in [3.05, 3.63) is 30.0 Å². The van der Waals surface area contributed by atoms with E-state index in [-0.39, 0.29) is 12.6 Å². The third kappa shape index (κ3) is 1.93. The molecule has 1 aromatic carbocycles. The first-order chi connectivity index (χ1) is 7.16. The highest BCUT2D eigenvalue weighted by atomic mass is 16.5. The monoisotopic (exact) mass is 205 g/mol. The summed E-state index contributed by atoms with van der Waals surface area (Å²) in [5, 5.41) is 0.847. The first-order valence-corrected chi connectivity index (χ1v) is 4.57. The van der Waals surface area contributed by atoms with Crippen LogP contribution in [0.2, 0.25) is 0 Å². The normalized spacial score (nSPS) is 10.5. The first kappa shape index (κ1) is 9.58. The standard InChI is InChI=1S/C11H11NO3/c1-7(13)14-6-8-5-9-10(12)3-2-4-11(9)15-8/h2-5H,6,12H2,1H3. The Bertz CT molecular complexity index is 502. The van der Waals surface area contributed by atoms with Gasteiger partial charge in [-0.1, -0.05) is 6.07 Å². The molecule has 15 heavy (non-hydrogen) atoms. The Kier molecular flexibility index (Phi) is 2.33. The molecule has 0 bridgehead atoms. The van der Waals surface area contributed by atoms with Gasteiger partial charge in [0, 0.05) is 18.0 Å². The predicted molar refractivity (Wildman–Crippen MR) is 56.1 cm³/mol. The number of fused-ring (bicyclic) bond motifs is 1. The second-order valence-electron chi connectivity index (χ2n) is 3.25. The van der Waals surface area contributed by atoms with Crippen LogP contribution < -0.4 is 5.73 Å². The van der Waals surface area contributed by atoms with Crippen LogP contribution in [0.5, 0.6) is 0 Å². The summed E-state index contributed by atoms with van der Waals surface area (Å²) in [5.74, 6) is 0.265. The molecule has 0 aliphatic heterocycles. The zero-order valence-electron chi connectivity index (χ0n) is 8.32. The van der Waals surface area contributed by atoms with Crippen molar-refractivity contribution >= 4 is 22.6 Å². The highest BCUT2D eigenvalue weighted by Crippen LogP contribution is 2.24. The number of carbonyl (C=O) groups excluding carboxylic acids is 1. The Morgan fingerprint density at radius 1 is 1.53 bits per heavy atom. The number of carbonyl (C=O) groups is 1. The van der Waals surface area contributed by atoms with E-state index in [1.165, 1.54) is 6.92 Å². The maximum Gasteiger partial charge on any atom is 0.303 e. The minimum absolute atomic E-state index is 0.142. The van der Waals surface area contributed by atoms with Crippen LogP contribution in [0.3, 0.4) is 0 Å². The van der Waals surface area contributed by atoms with Gasteiger partial charge < -0.3 is 14.9 Å². The number of nitrogens with two attached hydrogens (primary N) is 1. The molecule has 2 rings (SSSR count). The molecule has 2 N–H and O–H groups in total. The van der Waals surface area contributed by atoms with Crippen molar-refractivity contribution in [2.75, 3.05) is 5.73 Å². The highest BCUT2D eigenvalue weighted by Gasteiger charge is 2.06. The molecule has 1 aromatic heterocycles. The molecule has 0 aliphatic carbocycles. The largest absolute Gasteiger partial charge is 0.458 e. The van der Waals surface area contributed by atoms with Crippen molar-refractivity contribution in [1.82, 2.24) is 0 Å². The predicted octanol–water partition coefficient (Wildman–Crippen LogP) is 2.08. The van der Waals surface area contributed by atoms with E-state index in [9.17, 15) is 4.79 Å². The first-order valence-electron chi connectivity index (χ1n) is 4.57. The maximum atomic E-state index is 10.6. The molecule has 78 valence electrons. The molecule has 0 amide bonds. The van der Waals surface area contributed by atoms with E-state index in [1.54, 1.807) is 12.1 Å². The quantitative estimate of drug-likeness (QED) is 0.602. The number of esters is 1. The van der Waals surface area contributed by atoms with Crippen molar-refractivity contribution in [2.24, 2.45) is 0 Å². The van der Waals surface area contributed by atoms with Crippen LogP contribution in [0.1, 0.15) is 12.7 Å². The molecular weight excluding hydrogens is 194 g/mol. The van der Waals surface area contributed by atoms with Gasteiger partial charge in [-0.15, -0.1) is 0 Å². The lowest BCUT2D eigenvalue weighted by Gasteiger charge is -1.95. The summed E-state index contributed by atoms with van der Waals surface area (Å²) in [5.41, 5.74) is 7.12. The Morgan fingerprint density at radius 3 is 3.00 bits per heavy atom. The van der Waals surface area contributed by atoms with Gasteiger partial charge in [-0.2, -0.15) is 0 Å². The number of hydrogen-bond acceptors (Lipinski definition) is 4. The summed E-state index contributed by atoms with van der Waals surface area (Å²) in [6.45, 7) is 1.50. The van der Waals surface area contributed by atoms with Crippen molar-refractivity contribution in [3.63, 3.8) is 0 Å². The smallest absolute Gasteiger partial charge is 0.303 e. The van der Waals surface area contributed by atoms with Crippen LogP contribution in [0.4, 0.5) is 5.69 Å². The Morgan fingerprint density at radius 2 is 2.33 bits per heavy atom. The zero-order valence-corrected chi connectivity index (χ0v) is 8.32. The van der Waals surface area contributed by atoms with E-state index in [0.29, 0.717) is 17.0 Å². The molecular formula is C11H11NO3. The van der Waals surface area contributed by atoms with Crippen molar-refractivity contribution in [2.45, 2.75) is 13.5 Å². The third-order valence-electron chi connectivity index (χ3n) is 2.06. The fourth-order valence-electron chi connectivity index (χ4n) is 1.38.